The normalized spacial score (nSPS) is 12.0. The summed E-state index contributed by atoms with van der Waals surface area (Å²) in [4.78, 5) is 29.9. The third-order valence-electron chi connectivity index (χ3n) is 7.43. The van der Waals surface area contributed by atoms with Crippen LogP contribution in [-0.4, -0.2) is 50.9 Å². The number of ether oxygens (including phenoxy) is 1. The minimum Gasteiger partial charge on any atom is -0.494 e. The van der Waals surface area contributed by atoms with Crippen LogP contribution in [-0.2, 0) is 32.6 Å². The molecule has 0 aliphatic rings. The van der Waals surface area contributed by atoms with Gasteiger partial charge in [-0.25, -0.2) is 8.42 Å². The van der Waals surface area contributed by atoms with Crippen molar-refractivity contribution in [2.45, 2.75) is 44.7 Å². The number of halogens is 3. The molecule has 12 heteroatoms. The van der Waals surface area contributed by atoms with Crippen LogP contribution in [0.1, 0.15) is 31.9 Å². The summed E-state index contributed by atoms with van der Waals surface area (Å²) in [6.45, 7) is 5.96. The molecule has 1 N–H and O–H groups in total. The number of hydrogen-bond donors (Lipinski definition) is 1. The molecule has 4 aromatic carbocycles. The Bertz CT molecular complexity index is 1790. The summed E-state index contributed by atoms with van der Waals surface area (Å²) in [5.41, 5.74) is 1.63. The van der Waals surface area contributed by atoms with Gasteiger partial charge in [-0.15, -0.1) is 0 Å². The van der Waals surface area contributed by atoms with E-state index in [4.69, 9.17) is 27.9 Å². The molecule has 0 fully saturated rings. The highest BCUT2D eigenvalue weighted by Crippen LogP contribution is 2.29. The van der Waals surface area contributed by atoms with Crippen molar-refractivity contribution in [3.8, 4) is 5.75 Å². The molecule has 4 aromatic rings. The van der Waals surface area contributed by atoms with E-state index in [0.717, 1.165) is 9.87 Å². The number of nitrogens with one attached hydrogen (secondary N) is 1. The molecule has 0 saturated heterocycles. The summed E-state index contributed by atoms with van der Waals surface area (Å²) in [5.74, 6) is -0.254. The first-order chi connectivity index (χ1) is 22.9. The maximum atomic E-state index is 14.6. The first-order valence-corrected chi connectivity index (χ1v) is 18.4. The van der Waals surface area contributed by atoms with E-state index in [1.165, 1.54) is 17.0 Å². The Balaban J connectivity index is 1.82. The molecule has 48 heavy (non-hydrogen) atoms. The summed E-state index contributed by atoms with van der Waals surface area (Å²) in [7, 11) is -4.26. The maximum absolute atomic E-state index is 14.6. The van der Waals surface area contributed by atoms with Gasteiger partial charge < -0.3 is 15.0 Å². The van der Waals surface area contributed by atoms with Crippen LogP contribution in [0.3, 0.4) is 0 Å². The number of carbonyl (C=O) groups excluding carboxylic acids is 2. The fourth-order valence-corrected chi connectivity index (χ4v) is 7.09. The zero-order valence-corrected chi connectivity index (χ0v) is 30.8. The molecule has 0 aromatic heterocycles. The summed E-state index contributed by atoms with van der Waals surface area (Å²) in [6.07, 6.45) is 0.185. The lowest BCUT2D eigenvalue weighted by Crippen LogP contribution is -2.53. The van der Waals surface area contributed by atoms with Gasteiger partial charge in [-0.3, -0.25) is 13.9 Å². The molecule has 0 heterocycles. The number of hydrogen-bond acceptors (Lipinski definition) is 5. The van der Waals surface area contributed by atoms with E-state index >= 15 is 0 Å². The number of carbonyl (C=O) groups is 2. The summed E-state index contributed by atoms with van der Waals surface area (Å²) in [5, 5.41) is 3.70. The summed E-state index contributed by atoms with van der Waals surface area (Å²) >= 11 is 16.1. The average molecular weight is 776 g/mol. The smallest absolute Gasteiger partial charge is 0.264 e. The van der Waals surface area contributed by atoms with Crippen LogP contribution >= 0.6 is 39.1 Å². The predicted octanol–water partition coefficient (Wildman–Crippen LogP) is 7.76. The van der Waals surface area contributed by atoms with Crippen molar-refractivity contribution >= 4 is 66.7 Å². The van der Waals surface area contributed by atoms with Gasteiger partial charge >= 0.3 is 0 Å². The Labute approximate surface area is 301 Å². The molecule has 0 bridgehead atoms. The lowest BCUT2D eigenvalue weighted by atomic mass is 10.0. The fraction of sp³-hybridized carbons (Fsp3) is 0.278. The van der Waals surface area contributed by atoms with Crippen molar-refractivity contribution < 1.29 is 22.7 Å². The van der Waals surface area contributed by atoms with Crippen molar-refractivity contribution in [1.82, 2.24) is 10.2 Å². The lowest BCUT2D eigenvalue weighted by Gasteiger charge is -2.34. The Kier molecular flexibility index (Phi) is 13.3. The van der Waals surface area contributed by atoms with Gasteiger partial charge in [0.2, 0.25) is 11.8 Å². The van der Waals surface area contributed by atoms with Crippen LogP contribution in [0.4, 0.5) is 5.69 Å². The second kappa shape index (κ2) is 17.2. The highest BCUT2D eigenvalue weighted by Gasteiger charge is 2.35. The molecule has 0 unspecified atom stereocenters. The van der Waals surface area contributed by atoms with Crippen LogP contribution in [0.2, 0.25) is 10.0 Å². The SMILES string of the molecule is CCOc1ccc(N(CC(=O)N(Cc2ccc(Cl)cc2Cl)[C@@H](Cc2ccccc2)C(=O)NCC(C)C)S(=O)(=O)c2ccc(Br)cc2)cc1. The van der Waals surface area contributed by atoms with Gasteiger partial charge in [-0.05, 0) is 84.6 Å². The van der Waals surface area contributed by atoms with Crippen LogP contribution in [0, 0.1) is 5.92 Å². The van der Waals surface area contributed by atoms with E-state index < -0.39 is 28.5 Å². The van der Waals surface area contributed by atoms with E-state index in [2.05, 4.69) is 21.2 Å². The molecular formula is C36H38BrCl2N3O5S. The minimum absolute atomic E-state index is 0.00445. The summed E-state index contributed by atoms with van der Waals surface area (Å²) in [6, 6.07) is 25.9. The highest BCUT2D eigenvalue weighted by atomic mass is 79.9. The van der Waals surface area contributed by atoms with Crippen molar-refractivity contribution in [3.63, 3.8) is 0 Å². The molecule has 0 aliphatic carbocycles. The highest BCUT2D eigenvalue weighted by molar-refractivity contribution is 9.10. The van der Waals surface area contributed by atoms with Gasteiger partial charge in [-0.2, -0.15) is 0 Å². The van der Waals surface area contributed by atoms with Gasteiger partial charge in [0.15, 0.2) is 0 Å². The fourth-order valence-electron chi connectivity index (χ4n) is 4.95. The molecule has 0 radical (unpaired) electrons. The molecule has 4 rings (SSSR count). The number of benzene rings is 4. The number of nitrogens with zero attached hydrogens (tertiary/aromatic N) is 2. The zero-order chi connectivity index (χ0) is 34.8. The molecule has 0 spiro atoms. The largest absolute Gasteiger partial charge is 0.494 e. The first kappa shape index (κ1) is 37.3. The van der Waals surface area contributed by atoms with Gasteiger partial charge in [0.1, 0.15) is 18.3 Å². The van der Waals surface area contributed by atoms with Crippen LogP contribution < -0.4 is 14.4 Å². The number of sulfonamides is 1. The van der Waals surface area contributed by atoms with Crippen molar-refractivity contribution in [2.24, 2.45) is 5.92 Å². The second-order valence-corrected chi connectivity index (χ2v) is 15.1. The monoisotopic (exact) mass is 773 g/mol. The Morgan fingerprint density at radius 3 is 2.19 bits per heavy atom. The molecule has 2 amide bonds. The number of amides is 2. The van der Waals surface area contributed by atoms with Crippen LogP contribution in [0.25, 0.3) is 0 Å². The van der Waals surface area contributed by atoms with Crippen LogP contribution in [0.15, 0.2) is 106 Å². The van der Waals surface area contributed by atoms with E-state index in [-0.39, 0.29) is 35.4 Å². The first-order valence-electron chi connectivity index (χ1n) is 15.4. The predicted molar refractivity (Wildman–Crippen MR) is 195 cm³/mol. The van der Waals surface area contributed by atoms with Crippen LogP contribution in [0.5, 0.6) is 5.75 Å². The molecular weight excluding hydrogens is 737 g/mol. The van der Waals surface area contributed by atoms with E-state index in [1.54, 1.807) is 54.6 Å². The molecule has 1 atom stereocenters. The Morgan fingerprint density at radius 1 is 0.917 bits per heavy atom. The van der Waals surface area contributed by atoms with Crippen molar-refractivity contribution in [2.75, 3.05) is 24.0 Å². The second-order valence-electron chi connectivity index (χ2n) is 11.5. The molecule has 8 nitrogen and oxygen atoms in total. The van der Waals surface area contributed by atoms with Gasteiger partial charge in [-0.1, -0.05) is 89.4 Å². The third-order valence-corrected chi connectivity index (χ3v) is 10.3. The molecule has 254 valence electrons. The van der Waals surface area contributed by atoms with E-state index in [0.29, 0.717) is 39.0 Å². The Hall–Kier alpha value is -3.57. The minimum atomic E-state index is -4.26. The molecule has 0 aliphatic heterocycles. The number of anilines is 1. The lowest BCUT2D eigenvalue weighted by molar-refractivity contribution is -0.140. The third kappa shape index (κ3) is 9.98. The zero-order valence-electron chi connectivity index (χ0n) is 26.9. The van der Waals surface area contributed by atoms with Gasteiger partial charge in [0.25, 0.3) is 10.0 Å². The average Bonchev–Trinajstić information content (AvgIpc) is 3.06. The molecule has 0 saturated carbocycles. The van der Waals surface area contributed by atoms with E-state index in [1.807, 2.05) is 51.1 Å². The quantitative estimate of drug-likeness (QED) is 0.133. The summed E-state index contributed by atoms with van der Waals surface area (Å²) < 4.78 is 35.8. The van der Waals surface area contributed by atoms with Gasteiger partial charge in [0, 0.05) is 34.0 Å². The van der Waals surface area contributed by atoms with Crippen molar-refractivity contribution in [1.29, 1.82) is 0 Å². The Morgan fingerprint density at radius 2 is 1.58 bits per heavy atom. The standard InChI is InChI=1S/C36H38BrCl2N3O5S/c1-4-47-31-16-14-30(15-17-31)42(48(45,46)32-18-11-28(37)12-19-32)24-35(43)41(23-27-10-13-29(38)21-33(27)39)34(36(44)40-22-25(2)3)20-26-8-6-5-7-9-26/h5-19,21,25,34H,4,20,22-24H2,1-3H3,(H,40,44)/t34-/m0/s1. The topological polar surface area (TPSA) is 96.0 Å². The van der Waals surface area contributed by atoms with E-state index in [9.17, 15) is 18.0 Å². The number of rotatable bonds is 15. The maximum Gasteiger partial charge on any atom is 0.264 e. The van der Waals surface area contributed by atoms with Gasteiger partial charge in [0.05, 0.1) is 17.2 Å². The van der Waals surface area contributed by atoms with Crippen molar-refractivity contribution in [3.05, 3.63) is 123 Å².